The molecule has 2 bridgehead atoms. The van der Waals surface area contributed by atoms with Crippen molar-refractivity contribution < 1.29 is 23.9 Å². The fraction of sp³-hybridized carbons (Fsp3) is 0.333. The predicted molar refractivity (Wildman–Crippen MR) is 117 cm³/mol. The minimum absolute atomic E-state index is 0.165. The highest BCUT2D eigenvalue weighted by atomic mass is 35.5. The van der Waals surface area contributed by atoms with Gasteiger partial charge in [0, 0.05) is 10.7 Å². The summed E-state index contributed by atoms with van der Waals surface area (Å²) in [5, 5.41) is 3.07. The highest BCUT2D eigenvalue weighted by molar-refractivity contribution is 6.30. The summed E-state index contributed by atoms with van der Waals surface area (Å²) in [6.07, 6.45) is 2.97. The first kappa shape index (κ1) is 20.7. The van der Waals surface area contributed by atoms with Crippen LogP contribution in [0.25, 0.3) is 0 Å². The molecule has 1 saturated heterocycles. The van der Waals surface area contributed by atoms with Crippen LogP contribution in [-0.4, -0.2) is 30.3 Å². The summed E-state index contributed by atoms with van der Waals surface area (Å²) in [5.41, 5.74) is 1.02. The van der Waals surface area contributed by atoms with Crippen molar-refractivity contribution >= 4 is 46.7 Å². The standard InChI is InChI=1S/C24H21ClN2O5/c25-16-4-2-5-17(11-16)26-19(28)12-32-24(31)15-3-1-6-18(10-15)27-22(29)20-13-7-8-14(9-13)21(20)23(27)30/h1-6,10-11,13-14,20-21H,7-9,12H2,(H,26,28)/t13-,14-,20+,21+/m0/s1. The minimum atomic E-state index is -0.715. The maximum absolute atomic E-state index is 13.0. The number of carbonyl (C=O) groups excluding carboxylic acids is 4. The topological polar surface area (TPSA) is 92.8 Å². The molecule has 2 aromatic carbocycles. The van der Waals surface area contributed by atoms with Crippen LogP contribution in [0.3, 0.4) is 0 Å². The van der Waals surface area contributed by atoms with E-state index in [2.05, 4.69) is 5.32 Å². The summed E-state index contributed by atoms with van der Waals surface area (Å²) in [6, 6.07) is 12.8. The Morgan fingerprint density at radius 1 is 1.00 bits per heavy atom. The number of imide groups is 1. The van der Waals surface area contributed by atoms with Crippen LogP contribution in [0.15, 0.2) is 48.5 Å². The summed E-state index contributed by atoms with van der Waals surface area (Å²) in [5.74, 6) is -1.44. The molecule has 3 aliphatic rings. The number of esters is 1. The lowest BCUT2D eigenvalue weighted by Crippen LogP contribution is -2.32. The quantitative estimate of drug-likeness (QED) is 0.552. The second-order valence-electron chi connectivity index (χ2n) is 8.58. The molecular weight excluding hydrogens is 432 g/mol. The van der Waals surface area contributed by atoms with Gasteiger partial charge in [-0.15, -0.1) is 0 Å². The van der Waals surface area contributed by atoms with Crippen molar-refractivity contribution in [2.24, 2.45) is 23.7 Å². The first-order valence-electron chi connectivity index (χ1n) is 10.6. The maximum Gasteiger partial charge on any atom is 0.338 e. The summed E-state index contributed by atoms with van der Waals surface area (Å²) < 4.78 is 5.11. The number of hydrogen-bond donors (Lipinski definition) is 1. The number of amides is 3. The van der Waals surface area contributed by atoms with Crippen molar-refractivity contribution in [3.8, 4) is 0 Å². The molecule has 1 N–H and O–H groups in total. The van der Waals surface area contributed by atoms with Gasteiger partial charge in [-0.05, 0) is 67.5 Å². The Morgan fingerprint density at radius 2 is 1.69 bits per heavy atom. The molecule has 2 aliphatic carbocycles. The molecule has 8 heteroatoms. The van der Waals surface area contributed by atoms with Crippen LogP contribution >= 0.6 is 11.6 Å². The van der Waals surface area contributed by atoms with Gasteiger partial charge in [-0.3, -0.25) is 19.3 Å². The number of carbonyl (C=O) groups is 4. The van der Waals surface area contributed by atoms with E-state index in [0.29, 0.717) is 16.4 Å². The first-order chi connectivity index (χ1) is 15.4. The molecule has 1 aliphatic heterocycles. The molecular formula is C24H21ClN2O5. The van der Waals surface area contributed by atoms with Gasteiger partial charge in [-0.2, -0.15) is 0 Å². The third kappa shape index (κ3) is 3.56. The predicted octanol–water partition coefficient (Wildman–Crippen LogP) is 3.67. The molecule has 3 amide bonds. The molecule has 32 heavy (non-hydrogen) atoms. The van der Waals surface area contributed by atoms with Gasteiger partial charge in [0.2, 0.25) is 11.8 Å². The Hall–Kier alpha value is -3.19. The third-order valence-corrected chi connectivity index (χ3v) is 6.95. The number of nitrogens with one attached hydrogen (secondary N) is 1. The van der Waals surface area contributed by atoms with Crippen molar-refractivity contribution in [2.45, 2.75) is 19.3 Å². The molecule has 0 radical (unpaired) electrons. The van der Waals surface area contributed by atoms with E-state index in [4.69, 9.17) is 16.3 Å². The van der Waals surface area contributed by atoms with Crippen LogP contribution in [0, 0.1) is 23.7 Å². The average molecular weight is 453 g/mol. The lowest BCUT2D eigenvalue weighted by Gasteiger charge is -2.19. The lowest BCUT2D eigenvalue weighted by atomic mass is 9.81. The van der Waals surface area contributed by atoms with Crippen LogP contribution in [0.5, 0.6) is 0 Å². The smallest absolute Gasteiger partial charge is 0.338 e. The van der Waals surface area contributed by atoms with E-state index in [1.165, 1.54) is 17.0 Å². The van der Waals surface area contributed by atoms with Crippen molar-refractivity contribution in [1.82, 2.24) is 0 Å². The zero-order chi connectivity index (χ0) is 22.4. The van der Waals surface area contributed by atoms with Crippen molar-refractivity contribution in [3.05, 3.63) is 59.1 Å². The molecule has 2 aromatic rings. The molecule has 3 fully saturated rings. The van der Waals surface area contributed by atoms with Gasteiger partial charge in [0.1, 0.15) is 0 Å². The number of fused-ring (bicyclic) bond motifs is 5. The number of hydrogen-bond acceptors (Lipinski definition) is 5. The van der Waals surface area contributed by atoms with Gasteiger partial charge in [-0.1, -0.05) is 23.7 Å². The van der Waals surface area contributed by atoms with Crippen molar-refractivity contribution in [3.63, 3.8) is 0 Å². The average Bonchev–Trinajstić information content (AvgIpc) is 3.46. The largest absolute Gasteiger partial charge is 0.452 e. The van der Waals surface area contributed by atoms with E-state index in [1.54, 1.807) is 36.4 Å². The normalized spacial score (nSPS) is 25.7. The number of ether oxygens (including phenoxy) is 1. The SMILES string of the molecule is O=C(COC(=O)c1cccc(N2C(=O)[C@@H]3[C@H]4CC[C@@H](C4)[C@H]3C2=O)c1)Nc1cccc(Cl)c1. The van der Waals surface area contributed by atoms with Crippen molar-refractivity contribution in [2.75, 3.05) is 16.8 Å². The highest BCUT2D eigenvalue weighted by Crippen LogP contribution is 2.56. The van der Waals surface area contributed by atoms with Gasteiger partial charge < -0.3 is 10.1 Å². The molecule has 2 saturated carbocycles. The molecule has 164 valence electrons. The second kappa shape index (κ2) is 8.06. The first-order valence-corrected chi connectivity index (χ1v) is 11.0. The molecule has 0 spiro atoms. The molecule has 1 heterocycles. The van der Waals surface area contributed by atoms with E-state index in [-0.39, 0.29) is 41.0 Å². The Balaban J connectivity index is 1.25. The summed E-state index contributed by atoms with van der Waals surface area (Å²) in [4.78, 5) is 51.8. The Bertz CT molecular complexity index is 1100. The molecule has 5 rings (SSSR count). The molecule has 0 unspecified atom stereocenters. The van der Waals surface area contributed by atoms with Crippen LogP contribution in [0.1, 0.15) is 29.6 Å². The zero-order valence-corrected chi connectivity index (χ0v) is 17.9. The van der Waals surface area contributed by atoms with Gasteiger partial charge in [0.15, 0.2) is 6.61 Å². The van der Waals surface area contributed by atoms with Crippen LogP contribution in [0.2, 0.25) is 5.02 Å². The molecule has 4 atom stereocenters. The maximum atomic E-state index is 13.0. The fourth-order valence-electron chi connectivity index (χ4n) is 5.41. The molecule has 7 nitrogen and oxygen atoms in total. The lowest BCUT2D eigenvalue weighted by molar-refractivity contribution is -0.123. The van der Waals surface area contributed by atoms with E-state index in [0.717, 1.165) is 19.3 Å². The van der Waals surface area contributed by atoms with E-state index in [1.807, 2.05) is 0 Å². The summed E-state index contributed by atoms with van der Waals surface area (Å²) >= 11 is 5.89. The fourth-order valence-corrected chi connectivity index (χ4v) is 5.60. The Morgan fingerprint density at radius 3 is 2.38 bits per heavy atom. The number of anilines is 2. The van der Waals surface area contributed by atoms with E-state index >= 15 is 0 Å². The van der Waals surface area contributed by atoms with Crippen LogP contribution in [0.4, 0.5) is 11.4 Å². The van der Waals surface area contributed by atoms with Gasteiger partial charge >= 0.3 is 5.97 Å². The Labute approximate surface area is 189 Å². The Kier molecular flexibility index (Phi) is 5.21. The van der Waals surface area contributed by atoms with Crippen LogP contribution in [-0.2, 0) is 19.1 Å². The summed E-state index contributed by atoms with van der Waals surface area (Å²) in [7, 11) is 0. The second-order valence-corrected chi connectivity index (χ2v) is 9.02. The molecule has 0 aromatic heterocycles. The number of rotatable bonds is 5. The minimum Gasteiger partial charge on any atom is -0.452 e. The monoisotopic (exact) mass is 452 g/mol. The third-order valence-electron chi connectivity index (χ3n) is 6.71. The van der Waals surface area contributed by atoms with E-state index in [9.17, 15) is 19.2 Å². The number of halogens is 1. The van der Waals surface area contributed by atoms with Crippen LogP contribution < -0.4 is 10.2 Å². The van der Waals surface area contributed by atoms with Gasteiger partial charge in [-0.25, -0.2) is 4.79 Å². The zero-order valence-electron chi connectivity index (χ0n) is 17.1. The van der Waals surface area contributed by atoms with E-state index < -0.39 is 18.5 Å². The summed E-state index contributed by atoms with van der Waals surface area (Å²) in [6.45, 7) is -0.481. The number of benzene rings is 2. The highest BCUT2D eigenvalue weighted by Gasteiger charge is 2.61. The number of nitrogens with zero attached hydrogens (tertiary/aromatic N) is 1. The van der Waals surface area contributed by atoms with Gasteiger partial charge in [0.25, 0.3) is 5.91 Å². The van der Waals surface area contributed by atoms with Crippen molar-refractivity contribution in [1.29, 1.82) is 0 Å². The van der Waals surface area contributed by atoms with Gasteiger partial charge in [0.05, 0.1) is 23.1 Å².